The molecule has 0 spiro atoms. The Morgan fingerprint density at radius 2 is 0.607 bits per heavy atom. The van der Waals surface area contributed by atoms with E-state index < -0.39 is 45.7 Å². The summed E-state index contributed by atoms with van der Waals surface area (Å²) in [7, 11) is -0.539. The molecule has 0 aliphatic rings. The molecule has 0 atom stereocenters. The van der Waals surface area contributed by atoms with E-state index in [1.54, 1.807) is 0 Å². The molecule has 0 bridgehead atoms. The molecule has 0 aromatic rings. The molecule has 0 aromatic heterocycles. The zero-order valence-corrected chi connectivity index (χ0v) is 16.8. The molecule has 0 amide bonds. The highest BCUT2D eigenvalue weighted by atomic mass is 31.1. The average Bonchev–Trinajstić information content (AvgIpc) is 2.49. The van der Waals surface area contributed by atoms with E-state index in [4.69, 9.17) is 0 Å². The molecular formula is C18H30F9P. The van der Waals surface area contributed by atoms with Gasteiger partial charge in [0.2, 0.25) is 0 Å². The van der Waals surface area contributed by atoms with Crippen molar-refractivity contribution in [1.29, 1.82) is 0 Å². The normalized spacial score (nSPS) is 13.5. The average molecular weight is 448 g/mol. The number of rotatable bonds is 15. The molecule has 0 N–H and O–H groups in total. The van der Waals surface area contributed by atoms with Crippen molar-refractivity contribution in [2.24, 2.45) is 0 Å². The molecule has 10 heteroatoms. The van der Waals surface area contributed by atoms with Crippen molar-refractivity contribution in [1.82, 2.24) is 0 Å². The molecule has 0 rings (SSSR count). The Bertz CT molecular complexity index is 318. The predicted molar refractivity (Wildman–Crippen MR) is 95.1 cm³/mol. The maximum Gasteiger partial charge on any atom is 0.389 e. The van der Waals surface area contributed by atoms with Gasteiger partial charge in [-0.05, 0) is 57.0 Å². The molecule has 0 saturated heterocycles. The summed E-state index contributed by atoms with van der Waals surface area (Å²) in [6.07, 6.45) is -9.32. The number of unbranched alkanes of at least 4 members (excludes halogenated alkanes) is 6. The van der Waals surface area contributed by atoms with Crippen LogP contribution in [0.5, 0.6) is 0 Å². The zero-order chi connectivity index (χ0) is 21.7. The lowest BCUT2D eigenvalue weighted by molar-refractivity contribution is -0.136. The Morgan fingerprint density at radius 3 is 0.821 bits per heavy atom. The van der Waals surface area contributed by atoms with E-state index in [0.717, 1.165) is 18.5 Å². The third-order valence-corrected chi connectivity index (χ3v) is 7.15. The molecule has 0 fully saturated rings. The SMILES string of the molecule is FC(F)(F)CCCCCP(CCCCCC(F)(F)F)CCCCCC(F)(F)F. The second kappa shape index (κ2) is 13.9. The van der Waals surface area contributed by atoms with Crippen molar-refractivity contribution in [3.63, 3.8) is 0 Å². The van der Waals surface area contributed by atoms with Crippen molar-refractivity contribution < 1.29 is 39.5 Å². The minimum atomic E-state index is -4.16. The topological polar surface area (TPSA) is 0 Å². The van der Waals surface area contributed by atoms with E-state index >= 15 is 0 Å². The van der Waals surface area contributed by atoms with Gasteiger partial charge in [0, 0.05) is 19.3 Å². The molecule has 170 valence electrons. The highest BCUT2D eigenvalue weighted by molar-refractivity contribution is 7.57. The van der Waals surface area contributed by atoms with Gasteiger partial charge in [0.05, 0.1) is 0 Å². The highest BCUT2D eigenvalue weighted by Gasteiger charge is 2.27. The summed E-state index contributed by atoms with van der Waals surface area (Å²) < 4.78 is 109. The van der Waals surface area contributed by atoms with Crippen LogP contribution in [0.1, 0.15) is 77.0 Å². The van der Waals surface area contributed by atoms with Gasteiger partial charge in [0.1, 0.15) is 0 Å². The molecule has 0 aliphatic heterocycles. The van der Waals surface area contributed by atoms with Crippen molar-refractivity contribution in [2.75, 3.05) is 18.5 Å². The van der Waals surface area contributed by atoms with E-state index in [1.807, 2.05) is 0 Å². The monoisotopic (exact) mass is 448 g/mol. The lowest BCUT2D eigenvalue weighted by Crippen LogP contribution is -2.07. The first-order valence-electron chi connectivity index (χ1n) is 9.71. The quantitative estimate of drug-likeness (QED) is 0.133. The minimum absolute atomic E-state index is 0.0594. The summed E-state index contributed by atoms with van der Waals surface area (Å²) >= 11 is 0. The number of alkyl halides is 9. The molecule has 0 heterocycles. The standard InChI is InChI=1S/C18H30F9P/c19-16(20,21)10-4-1-7-13-28(14-8-2-5-11-17(22,23)24)15-9-3-6-12-18(25,26)27/h1-15H2. The molecular weight excluding hydrogens is 418 g/mol. The number of halogens is 9. The molecule has 0 aromatic carbocycles. The van der Waals surface area contributed by atoms with Crippen molar-refractivity contribution in [3.8, 4) is 0 Å². The van der Waals surface area contributed by atoms with Crippen LogP contribution in [0, 0.1) is 0 Å². The first-order chi connectivity index (χ1) is 12.8. The van der Waals surface area contributed by atoms with Gasteiger partial charge in [-0.1, -0.05) is 19.3 Å². The van der Waals surface area contributed by atoms with Crippen LogP contribution in [0.4, 0.5) is 39.5 Å². The maximum absolute atomic E-state index is 12.1. The summed E-state index contributed by atoms with van der Waals surface area (Å²) in [5, 5.41) is 0. The van der Waals surface area contributed by atoms with Crippen LogP contribution in [-0.2, 0) is 0 Å². The van der Waals surface area contributed by atoms with Crippen LogP contribution in [-0.4, -0.2) is 37.0 Å². The van der Waals surface area contributed by atoms with Gasteiger partial charge in [0.15, 0.2) is 0 Å². The fourth-order valence-electron chi connectivity index (χ4n) is 2.85. The predicted octanol–water partition coefficient (Wildman–Crippen LogP) is 8.84. The fraction of sp³-hybridized carbons (Fsp3) is 1.00. The van der Waals surface area contributed by atoms with Crippen LogP contribution in [0.15, 0.2) is 0 Å². The summed E-state index contributed by atoms with van der Waals surface area (Å²) in [5.41, 5.74) is 0. The van der Waals surface area contributed by atoms with Crippen molar-refractivity contribution in [3.05, 3.63) is 0 Å². The molecule has 28 heavy (non-hydrogen) atoms. The smallest absolute Gasteiger partial charge is 0.171 e. The minimum Gasteiger partial charge on any atom is -0.171 e. The van der Waals surface area contributed by atoms with E-state index in [1.165, 1.54) is 0 Å². The van der Waals surface area contributed by atoms with Crippen LogP contribution in [0.2, 0.25) is 0 Å². The van der Waals surface area contributed by atoms with E-state index in [9.17, 15) is 39.5 Å². The second-order valence-electron chi connectivity index (χ2n) is 7.12. The van der Waals surface area contributed by atoms with E-state index in [0.29, 0.717) is 38.5 Å². The lowest BCUT2D eigenvalue weighted by atomic mass is 10.2. The zero-order valence-electron chi connectivity index (χ0n) is 16.0. The van der Waals surface area contributed by atoms with Gasteiger partial charge in [0.25, 0.3) is 0 Å². The first-order valence-corrected chi connectivity index (χ1v) is 11.6. The third-order valence-electron chi connectivity index (χ3n) is 4.30. The Labute approximate surface area is 162 Å². The Morgan fingerprint density at radius 1 is 0.357 bits per heavy atom. The van der Waals surface area contributed by atoms with Gasteiger partial charge in [-0.25, -0.2) is 0 Å². The van der Waals surface area contributed by atoms with Gasteiger partial charge in [-0.15, -0.1) is 7.92 Å². The molecule has 0 saturated carbocycles. The van der Waals surface area contributed by atoms with Crippen molar-refractivity contribution >= 4 is 7.92 Å². The largest absolute Gasteiger partial charge is 0.389 e. The van der Waals surface area contributed by atoms with Crippen LogP contribution >= 0.6 is 7.92 Å². The van der Waals surface area contributed by atoms with Gasteiger partial charge >= 0.3 is 18.5 Å². The number of hydrogen-bond acceptors (Lipinski definition) is 0. The van der Waals surface area contributed by atoms with E-state index in [2.05, 4.69) is 0 Å². The molecule has 0 nitrogen and oxygen atoms in total. The first kappa shape index (κ1) is 27.8. The Hall–Kier alpha value is -0.200. The molecule has 0 radical (unpaired) electrons. The van der Waals surface area contributed by atoms with Crippen molar-refractivity contribution in [2.45, 2.75) is 95.6 Å². The maximum atomic E-state index is 12.1. The fourth-order valence-corrected chi connectivity index (χ4v) is 5.53. The molecule has 0 unspecified atom stereocenters. The number of hydrogen-bond donors (Lipinski definition) is 0. The summed E-state index contributed by atoms with van der Waals surface area (Å²) in [6.45, 7) is 0. The Kier molecular flexibility index (Phi) is 13.8. The second-order valence-corrected chi connectivity index (χ2v) is 9.80. The summed E-state index contributed by atoms with van der Waals surface area (Å²) in [6, 6.07) is 0. The lowest BCUT2D eigenvalue weighted by Gasteiger charge is -2.18. The van der Waals surface area contributed by atoms with Crippen LogP contribution in [0.25, 0.3) is 0 Å². The third kappa shape index (κ3) is 22.1. The highest BCUT2D eigenvalue weighted by Crippen LogP contribution is 2.40. The summed E-state index contributed by atoms with van der Waals surface area (Å²) in [4.78, 5) is 0. The van der Waals surface area contributed by atoms with Gasteiger partial charge in [-0.3, -0.25) is 0 Å². The van der Waals surface area contributed by atoms with Gasteiger partial charge < -0.3 is 0 Å². The van der Waals surface area contributed by atoms with E-state index in [-0.39, 0.29) is 19.3 Å². The Balaban J connectivity index is 4.08. The van der Waals surface area contributed by atoms with Crippen LogP contribution < -0.4 is 0 Å². The van der Waals surface area contributed by atoms with Gasteiger partial charge in [-0.2, -0.15) is 39.5 Å². The molecule has 0 aliphatic carbocycles. The summed E-state index contributed by atoms with van der Waals surface area (Å²) in [5.74, 6) is 0. The van der Waals surface area contributed by atoms with Crippen LogP contribution in [0.3, 0.4) is 0 Å².